The standard InChI is InChI=1S/C12H22INO6S/c13-21-20-11-10-19-9-8-18-7-6-17-5-3-14-12(16)2-1-4-15/h4H,1-3,5-11H2,(H,14,16). The van der Waals surface area contributed by atoms with Crippen LogP contribution < -0.4 is 5.32 Å². The summed E-state index contributed by atoms with van der Waals surface area (Å²) in [6.45, 7) is 4.00. The summed E-state index contributed by atoms with van der Waals surface area (Å²) in [6.07, 6.45) is 1.21. The van der Waals surface area contributed by atoms with Crippen LogP contribution in [0.5, 0.6) is 0 Å². The predicted octanol–water partition coefficient (Wildman–Crippen LogP) is 1.15. The van der Waals surface area contributed by atoms with Crippen molar-refractivity contribution in [2.75, 3.05) is 52.8 Å². The second kappa shape index (κ2) is 18.1. The van der Waals surface area contributed by atoms with E-state index in [0.717, 1.165) is 6.29 Å². The van der Waals surface area contributed by atoms with E-state index >= 15 is 0 Å². The highest BCUT2D eigenvalue weighted by Crippen LogP contribution is 2.10. The fraction of sp³-hybridized carbons (Fsp3) is 0.833. The van der Waals surface area contributed by atoms with E-state index in [0.29, 0.717) is 52.8 Å². The largest absolute Gasteiger partial charge is 0.377 e. The first-order valence-corrected chi connectivity index (χ1v) is 9.93. The molecule has 0 rings (SSSR count). The molecule has 0 aromatic heterocycles. The summed E-state index contributed by atoms with van der Waals surface area (Å²) in [5.41, 5.74) is 0. The number of rotatable bonds is 16. The van der Waals surface area contributed by atoms with E-state index in [1.165, 1.54) is 9.21 Å². The molecule has 0 aromatic rings. The summed E-state index contributed by atoms with van der Waals surface area (Å²) in [7, 11) is 1.29. The van der Waals surface area contributed by atoms with Crippen molar-refractivity contribution in [3.8, 4) is 0 Å². The summed E-state index contributed by atoms with van der Waals surface area (Å²) in [5, 5.41) is 2.66. The third-order valence-corrected chi connectivity index (χ3v) is 3.18. The van der Waals surface area contributed by atoms with Crippen LogP contribution in [0.3, 0.4) is 0 Å². The Morgan fingerprint density at radius 1 is 1.00 bits per heavy atom. The van der Waals surface area contributed by atoms with Crippen molar-refractivity contribution >= 4 is 42.6 Å². The van der Waals surface area contributed by atoms with E-state index in [2.05, 4.69) is 26.5 Å². The second-order valence-corrected chi connectivity index (χ2v) is 5.22. The van der Waals surface area contributed by atoms with E-state index in [1.807, 2.05) is 0 Å². The molecule has 0 radical (unpaired) electrons. The summed E-state index contributed by atoms with van der Waals surface area (Å²) in [6, 6.07) is 0. The Hall–Kier alpha value is 0.0600. The van der Waals surface area contributed by atoms with Crippen LogP contribution >= 0.6 is 30.4 Å². The molecule has 0 aliphatic rings. The van der Waals surface area contributed by atoms with Crippen molar-refractivity contribution in [1.82, 2.24) is 5.32 Å². The van der Waals surface area contributed by atoms with Gasteiger partial charge in [0.2, 0.25) is 5.91 Å². The Bertz CT molecular complexity index is 260. The van der Waals surface area contributed by atoms with Gasteiger partial charge < -0.3 is 28.5 Å². The summed E-state index contributed by atoms with van der Waals surface area (Å²) < 4.78 is 20.9. The predicted molar refractivity (Wildman–Crippen MR) is 88.3 cm³/mol. The molecule has 0 aliphatic heterocycles. The number of hydrogen-bond acceptors (Lipinski definition) is 7. The van der Waals surface area contributed by atoms with Gasteiger partial charge in [0.05, 0.1) is 55.5 Å². The Morgan fingerprint density at radius 2 is 1.57 bits per heavy atom. The maximum Gasteiger partial charge on any atom is 0.220 e. The van der Waals surface area contributed by atoms with Crippen molar-refractivity contribution in [1.29, 1.82) is 0 Å². The topological polar surface area (TPSA) is 83.1 Å². The van der Waals surface area contributed by atoms with Crippen molar-refractivity contribution in [2.24, 2.45) is 0 Å². The zero-order chi connectivity index (χ0) is 15.6. The number of hydrogen-bond donors (Lipinski definition) is 1. The lowest BCUT2D eigenvalue weighted by Crippen LogP contribution is -2.27. The number of halogens is 1. The van der Waals surface area contributed by atoms with E-state index in [-0.39, 0.29) is 18.7 Å². The quantitative estimate of drug-likeness (QED) is 0.169. The highest BCUT2D eigenvalue weighted by Gasteiger charge is 1.99. The highest BCUT2D eigenvalue weighted by molar-refractivity contribution is 14.2. The second-order valence-electron chi connectivity index (χ2n) is 3.78. The van der Waals surface area contributed by atoms with Crippen LogP contribution in [-0.4, -0.2) is 65.0 Å². The summed E-state index contributed by atoms with van der Waals surface area (Å²) in [5.74, 6) is -0.135. The smallest absolute Gasteiger partial charge is 0.220 e. The molecule has 0 saturated carbocycles. The minimum absolute atomic E-state index is 0.135. The first-order chi connectivity index (χ1) is 10.3. The Labute approximate surface area is 141 Å². The molecule has 0 saturated heterocycles. The lowest BCUT2D eigenvalue weighted by molar-refractivity contribution is -0.122. The molecular formula is C12H22INO6S. The van der Waals surface area contributed by atoms with Crippen molar-refractivity contribution in [3.05, 3.63) is 0 Å². The zero-order valence-corrected chi connectivity index (χ0v) is 14.9. The maximum atomic E-state index is 11.1. The number of ether oxygens (including phenoxy) is 3. The average molecular weight is 435 g/mol. The molecule has 0 bridgehead atoms. The van der Waals surface area contributed by atoms with Gasteiger partial charge in [0.15, 0.2) is 0 Å². The monoisotopic (exact) mass is 435 g/mol. The molecule has 124 valence electrons. The number of carbonyl (C=O) groups excluding carboxylic acids is 2. The van der Waals surface area contributed by atoms with Gasteiger partial charge in [0.25, 0.3) is 0 Å². The van der Waals surface area contributed by atoms with Crippen LogP contribution in [0, 0.1) is 0 Å². The third-order valence-electron chi connectivity index (χ3n) is 2.16. The highest BCUT2D eigenvalue weighted by atomic mass is 127. The molecular weight excluding hydrogens is 413 g/mol. The first kappa shape index (κ1) is 21.1. The maximum absolute atomic E-state index is 11.1. The van der Waals surface area contributed by atoms with Crippen LogP contribution in [-0.2, 0) is 28.0 Å². The zero-order valence-electron chi connectivity index (χ0n) is 11.9. The first-order valence-electron chi connectivity index (χ1n) is 6.65. The molecule has 0 aromatic carbocycles. The Balaban J connectivity index is 3.05. The van der Waals surface area contributed by atoms with Gasteiger partial charge in [-0.15, -0.1) is 0 Å². The van der Waals surface area contributed by atoms with Gasteiger partial charge in [0, 0.05) is 40.6 Å². The number of carbonyl (C=O) groups is 2. The van der Waals surface area contributed by atoms with Crippen LogP contribution in [0.4, 0.5) is 0 Å². The Kier molecular flexibility index (Phi) is 18.2. The van der Waals surface area contributed by atoms with Gasteiger partial charge in [0.1, 0.15) is 6.29 Å². The molecule has 0 atom stereocenters. The van der Waals surface area contributed by atoms with Gasteiger partial charge >= 0.3 is 0 Å². The normalized spacial score (nSPS) is 10.5. The van der Waals surface area contributed by atoms with Gasteiger partial charge in [-0.3, -0.25) is 4.79 Å². The van der Waals surface area contributed by atoms with E-state index < -0.39 is 0 Å². The number of nitrogens with one attached hydrogen (secondary N) is 1. The van der Waals surface area contributed by atoms with Crippen LogP contribution in [0.1, 0.15) is 12.8 Å². The van der Waals surface area contributed by atoms with Crippen LogP contribution in [0.2, 0.25) is 0 Å². The summed E-state index contributed by atoms with van der Waals surface area (Å²) in [4.78, 5) is 21.2. The molecule has 0 unspecified atom stereocenters. The fourth-order valence-corrected chi connectivity index (χ4v) is 1.88. The van der Waals surface area contributed by atoms with Gasteiger partial charge in [-0.05, 0) is 0 Å². The van der Waals surface area contributed by atoms with E-state index in [1.54, 1.807) is 0 Å². The molecule has 21 heavy (non-hydrogen) atoms. The fourth-order valence-electron chi connectivity index (χ4n) is 1.21. The average Bonchev–Trinajstić information content (AvgIpc) is 2.49. The minimum Gasteiger partial charge on any atom is -0.377 e. The molecule has 1 N–H and O–H groups in total. The lowest BCUT2D eigenvalue weighted by Gasteiger charge is -2.07. The lowest BCUT2D eigenvalue weighted by atomic mass is 10.3. The van der Waals surface area contributed by atoms with E-state index in [9.17, 15) is 9.59 Å². The summed E-state index contributed by atoms with van der Waals surface area (Å²) >= 11 is 2.05. The molecule has 0 fully saturated rings. The van der Waals surface area contributed by atoms with Crippen molar-refractivity contribution < 1.29 is 28.0 Å². The van der Waals surface area contributed by atoms with Crippen LogP contribution in [0.25, 0.3) is 0 Å². The molecule has 0 heterocycles. The van der Waals surface area contributed by atoms with E-state index in [4.69, 9.17) is 18.4 Å². The minimum atomic E-state index is -0.135. The van der Waals surface area contributed by atoms with Gasteiger partial charge in [-0.25, -0.2) is 0 Å². The number of amides is 1. The third kappa shape index (κ3) is 18.0. The van der Waals surface area contributed by atoms with Crippen molar-refractivity contribution in [3.63, 3.8) is 0 Å². The molecule has 0 spiro atoms. The molecule has 0 aliphatic carbocycles. The van der Waals surface area contributed by atoms with Crippen molar-refractivity contribution in [2.45, 2.75) is 12.8 Å². The SMILES string of the molecule is O=CCCC(=O)NCCOCCOCCOCCOSI. The Morgan fingerprint density at radius 3 is 2.14 bits per heavy atom. The molecule has 1 amide bonds. The molecule has 9 heteroatoms. The van der Waals surface area contributed by atoms with Crippen LogP contribution in [0.15, 0.2) is 0 Å². The van der Waals surface area contributed by atoms with Gasteiger partial charge in [-0.1, -0.05) is 0 Å². The van der Waals surface area contributed by atoms with Gasteiger partial charge in [-0.2, -0.15) is 0 Å². The molecule has 7 nitrogen and oxygen atoms in total. The number of aldehydes is 1.